The number of nitrogens with zero attached hydrogens (tertiary/aromatic N) is 4. The fourth-order valence-electron chi connectivity index (χ4n) is 2.65. The molecule has 2 aromatic rings. The molecule has 124 valence electrons. The average molecular weight is 323 g/mol. The monoisotopic (exact) mass is 323 g/mol. The Morgan fingerprint density at radius 2 is 2.17 bits per heavy atom. The zero-order valence-corrected chi connectivity index (χ0v) is 13.5. The third-order valence-electron chi connectivity index (χ3n) is 3.99. The van der Waals surface area contributed by atoms with Crippen molar-refractivity contribution >= 4 is 11.6 Å². The number of anilines is 1. The molecule has 0 spiro atoms. The average Bonchev–Trinajstić information content (AvgIpc) is 2.63. The molecule has 1 unspecified atom stereocenters. The molecule has 2 aromatic heterocycles. The number of hydrogen-bond acceptors (Lipinski definition) is 5. The third kappa shape index (κ3) is 3.32. The summed E-state index contributed by atoms with van der Waals surface area (Å²) in [6.07, 6.45) is 10.5. The maximum Gasteiger partial charge on any atom is 0.271 e. The van der Waals surface area contributed by atoms with Gasteiger partial charge in [0.1, 0.15) is 5.69 Å². The molecule has 1 amide bonds. The standard InChI is InChI=1S/C18H19N5O.H2/c1-3-14-7-6-9-16(23(14)2)18(24)22-13-11-20-17(21-12-13)15-8-4-5-10-19-15;/h3-5,8-12,14H,1,6-7H2,2H3,(H,22,24);1H. The highest BCUT2D eigenvalue weighted by atomic mass is 16.2. The normalized spacial score (nSPS) is 17.1. The largest absolute Gasteiger partial charge is 0.364 e. The summed E-state index contributed by atoms with van der Waals surface area (Å²) in [6.45, 7) is 3.82. The zero-order chi connectivity index (χ0) is 16.9. The van der Waals surface area contributed by atoms with Gasteiger partial charge >= 0.3 is 0 Å². The highest BCUT2D eigenvalue weighted by Gasteiger charge is 2.23. The van der Waals surface area contributed by atoms with Gasteiger partial charge in [-0.2, -0.15) is 0 Å². The van der Waals surface area contributed by atoms with Crippen LogP contribution in [0.3, 0.4) is 0 Å². The second-order valence-corrected chi connectivity index (χ2v) is 5.55. The van der Waals surface area contributed by atoms with Gasteiger partial charge in [0.15, 0.2) is 5.82 Å². The van der Waals surface area contributed by atoms with E-state index in [1.165, 1.54) is 0 Å². The van der Waals surface area contributed by atoms with Crippen LogP contribution >= 0.6 is 0 Å². The van der Waals surface area contributed by atoms with Gasteiger partial charge in [0.05, 0.1) is 23.8 Å². The van der Waals surface area contributed by atoms with E-state index in [1.54, 1.807) is 18.6 Å². The van der Waals surface area contributed by atoms with E-state index in [-0.39, 0.29) is 13.4 Å². The molecule has 0 radical (unpaired) electrons. The molecule has 3 rings (SSSR count). The third-order valence-corrected chi connectivity index (χ3v) is 3.99. The van der Waals surface area contributed by atoms with E-state index in [0.29, 0.717) is 22.9 Å². The number of nitrogens with one attached hydrogen (secondary N) is 1. The summed E-state index contributed by atoms with van der Waals surface area (Å²) in [7, 11) is 1.90. The molecule has 1 N–H and O–H groups in total. The van der Waals surface area contributed by atoms with E-state index < -0.39 is 0 Å². The molecule has 0 bridgehead atoms. The fraction of sp³-hybridized carbons (Fsp3) is 0.222. The van der Waals surface area contributed by atoms with E-state index in [1.807, 2.05) is 42.3 Å². The molecule has 0 saturated carbocycles. The smallest absolute Gasteiger partial charge is 0.271 e. The van der Waals surface area contributed by atoms with Gasteiger partial charge in [-0.05, 0) is 25.0 Å². The lowest BCUT2D eigenvalue weighted by Gasteiger charge is -2.32. The number of aromatic nitrogens is 3. The molecule has 1 aliphatic heterocycles. The second-order valence-electron chi connectivity index (χ2n) is 5.55. The molecule has 0 aromatic carbocycles. The van der Waals surface area contributed by atoms with Crippen molar-refractivity contribution in [2.75, 3.05) is 12.4 Å². The van der Waals surface area contributed by atoms with E-state index in [0.717, 1.165) is 12.8 Å². The number of likely N-dealkylation sites (N-methyl/N-ethyl adjacent to an activating group) is 1. The summed E-state index contributed by atoms with van der Waals surface area (Å²) in [4.78, 5) is 27.1. The van der Waals surface area contributed by atoms with Gasteiger partial charge in [-0.25, -0.2) is 9.97 Å². The lowest BCUT2D eigenvalue weighted by molar-refractivity contribution is -0.114. The van der Waals surface area contributed by atoms with Crippen molar-refractivity contribution in [2.24, 2.45) is 0 Å². The summed E-state index contributed by atoms with van der Waals surface area (Å²) >= 11 is 0. The number of amides is 1. The maximum atomic E-state index is 12.5. The fourth-order valence-corrected chi connectivity index (χ4v) is 2.65. The van der Waals surface area contributed by atoms with Gasteiger partial charge in [0.2, 0.25) is 0 Å². The van der Waals surface area contributed by atoms with Crippen molar-refractivity contribution < 1.29 is 6.22 Å². The van der Waals surface area contributed by atoms with Crippen LogP contribution in [-0.2, 0) is 4.79 Å². The van der Waals surface area contributed by atoms with Crippen molar-refractivity contribution in [2.45, 2.75) is 18.9 Å². The van der Waals surface area contributed by atoms with Crippen LogP contribution in [0.25, 0.3) is 11.5 Å². The van der Waals surface area contributed by atoms with Gasteiger partial charge < -0.3 is 10.2 Å². The Morgan fingerprint density at radius 1 is 1.38 bits per heavy atom. The second kappa shape index (κ2) is 7.04. The Bertz CT molecular complexity index is 761. The van der Waals surface area contributed by atoms with Gasteiger partial charge in [-0.1, -0.05) is 18.2 Å². The van der Waals surface area contributed by atoms with Crippen molar-refractivity contribution in [3.05, 3.63) is 61.2 Å². The first kappa shape index (κ1) is 15.9. The highest BCUT2D eigenvalue weighted by Crippen LogP contribution is 2.21. The Labute approximate surface area is 142 Å². The SMILES string of the molecule is C=CC1CCC=C(C(=O)Nc2cnc(-c3ccccn3)nc2)N1C.[HH]. The lowest BCUT2D eigenvalue weighted by Crippen LogP contribution is -2.37. The van der Waals surface area contributed by atoms with E-state index >= 15 is 0 Å². The Kier molecular flexibility index (Phi) is 4.65. The van der Waals surface area contributed by atoms with Gasteiger partial charge in [0, 0.05) is 20.7 Å². The van der Waals surface area contributed by atoms with Crippen LogP contribution in [-0.4, -0.2) is 38.8 Å². The Hall–Kier alpha value is -3.02. The van der Waals surface area contributed by atoms with Crippen molar-refractivity contribution in [3.8, 4) is 11.5 Å². The zero-order valence-electron chi connectivity index (χ0n) is 13.5. The van der Waals surface area contributed by atoms with Crippen LogP contribution in [0.2, 0.25) is 0 Å². The molecule has 0 saturated heterocycles. The molecule has 1 aliphatic rings. The number of pyridine rings is 1. The van der Waals surface area contributed by atoms with E-state index in [9.17, 15) is 4.79 Å². The van der Waals surface area contributed by atoms with Crippen LogP contribution in [0.4, 0.5) is 5.69 Å². The predicted octanol–water partition coefficient (Wildman–Crippen LogP) is 2.89. The molecule has 3 heterocycles. The molecule has 24 heavy (non-hydrogen) atoms. The minimum atomic E-state index is -0.168. The first-order chi connectivity index (χ1) is 11.7. The van der Waals surface area contributed by atoms with Crippen LogP contribution in [0, 0.1) is 0 Å². The molecular weight excluding hydrogens is 302 g/mol. The first-order valence-electron chi connectivity index (χ1n) is 7.79. The minimum absolute atomic E-state index is 0. The number of rotatable bonds is 4. The molecule has 0 aliphatic carbocycles. The first-order valence-corrected chi connectivity index (χ1v) is 7.79. The summed E-state index contributed by atoms with van der Waals surface area (Å²) in [5, 5.41) is 2.84. The van der Waals surface area contributed by atoms with Crippen LogP contribution in [0.1, 0.15) is 14.3 Å². The van der Waals surface area contributed by atoms with Crippen molar-refractivity contribution in [1.82, 2.24) is 19.9 Å². The highest BCUT2D eigenvalue weighted by molar-refractivity contribution is 6.03. The van der Waals surface area contributed by atoms with Crippen LogP contribution in [0.15, 0.2) is 61.2 Å². The maximum absolute atomic E-state index is 12.5. The number of carbonyl (C=O) groups is 1. The van der Waals surface area contributed by atoms with Crippen LogP contribution in [0.5, 0.6) is 0 Å². The van der Waals surface area contributed by atoms with Crippen LogP contribution < -0.4 is 5.32 Å². The summed E-state index contributed by atoms with van der Waals surface area (Å²) < 4.78 is 0. The van der Waals surface area contributed by atoms with Gasteiger partial charge in [0.25, 0.3) is 5.91 Å². The molecule has 0 fully saturated rings. The molecule has 1 atom stereocenters. The molecular formula is C18H21N5O. The van der Waals surface area contributed by atoms with E-state index in [2.05, 4.69) is 26.8 Å². The lowest BCUT2D eigenvalue weighted by atomic mass is 10.0. The number of allylic oxidation sites excluding steroid dienone is 1. The molecule has 6 nitrogen and oxygen atoms in total. The van der Waals surface area contributed by atoms with Crippen molar-refractivity contribution in [3.63, 3.8) is 0 Å². The summed E-state index contributed by atoms with van der Waals surface area (Å²) in [5.41, 5.74) is 1.88. The Balaban J connectivity index is 0.00000225. The predicted molar refractivity (Wildman–Crippen MR) is 95.1 cm³/mol. The van der Waals surface area contributed by atoms with Gasteiger partial charge in [-0.3, -0.25) is 9.78 Å². The minimum Gasteiger partial charge on any atom is -0.364 e. The quantitative estimate of drug-likeness (QED) is 0.876. The summed E-state index contributed by atoms with van der Waals surface area (Å²) in [6, 6.07) is 5.73. The Morgan fingerprint density at radius 3 is 2.83 bits per heavy atom. The number of carbonyl (C=O) groups excluding carboxylic acids is 1. The van der Waals surface area contributed by atoms with Gasteiger partial charge in [-0.15, -0.1) is 6.58 Å². The number of hydrogen-bond donors (Lipinski definition) is 1. The van der Waals surface area contributed by atoms with E-state index in [4.69, 9.17) is 0 Å². The summed E-state index contributed by atoms with van der Waals surface area (Å²) in [5.74, 6) is 0.354. The van der Waals surface area contributed by atoms with Crippen molar-refractivity contribution in [1.29, 1.82) is 0 Å². The topological polar surface area (TPSA) is 71.0 Å². The molecule has 6 heteroatoms.